The summed E-state index contributed by atoms with van der Waals surface area (Å²) in [6.07, 6.45) is 2.43. The minimum Gasteiger partial charge on any atom is -0.872 e. The van der Waals surface area contributed by atoms with Crippen LogP contribution in [0.3, 0.4) is 0 Å². The van der Waals surface area contributed by atoms with Crippen LogP contribution in [0.1, 0.15) is 55.3 Å². The molecule has 0 N–H and O–H groups in total. The van der Waals surface area contributed by atoms with Crippen molar-refractivity contribution in [2.45, 2.75) is 13.8 Å². The van der Waals surface area contributed by atoms with Gasteiger partial charge in [0.05, 0.1) is 0 Å². The molecule has 149 valence electrons. The van der Waals surface area contributed by atoms with Gasteiger partial charge in [-0.05, 0) is 26.0 Å². The van der Waals surface area contributed by atoms with Crippen molar-refractivity contribution >= 4 is 23.1 Å². The molecule has 0 saturated heterocycles. The van der Waals surface area contributed by atoms with Crippen molar-refractivity contribution in [2.24, 2.45) is 0 Å². The second-order valence-electron chi connectivity index (χ2n) is 6.40. The fourth-order valence-corrected chi connectivity index (χ4v) is 3.04. The third kappa shape index (κ3) is 3.97. The smallest absolute Gasteiger partial charge is 0.872 e. The molecule has 0 aliphatic heterocycles. The summed E-state index contributed by atoms with van der Waals surface area (Å²) in [4.78, 5) is 46.0. The van der Waals surface area contributed by atoms with Crippen LogP contribution in [0.15, 0.2) is 59.7 Å². The van der Waals surface area contributed by atoms with Gasteiger partial charge in [0.25, 0.3) is 0 Å². The number of benzene rings is 2. The Kier molecular flexibility index (Phi) is 6.37. The van der Waals surface area contributed by atoms with E-state index in [2.05, 4.69) is 0 Å². The molecule has 6 nitrogen and oxygen atoms in total. The predicted octanol–water partition coefficient (Wildman–Crippen LogP) is 2.17. The summed E-state index contributed by atoms with van der Waals surface area (Å²) in [7, 11) is 0. The first-order valence-corrected chi connectivity index (χ1v) is 8.37. The first kappa shape index (κ1) is 22.0. The van der Waals surface area contributed by atoms with E-state index in [0.717, 1.165) is 0 Å². The molecule has 2 aliphatic rings. The van der Waals surface area contributed by atoms with Crippen LogP contribution in [0.4, 0.5) is 0 Å². The van der Waals surface area contributed by atoms with E-state index in [1.54, 1.807) is 13.8 Å². The van der Waals surface area contributed by atoms with Gasteiger partial charge in [-0.25, -0.2) is 0 Å². The largest absolute Gasteiger partial charge is 2.00 e. The zero-order chi connectivity index (χ0) is 20.6. The second kappa shape index (κ2) is 8.39. The average molecular weight is 438 g/mol. The van der Waals surface area contributed by atoms with Crippen molar-refractivity contribution in [1.29, 1.82) is 0 Å². The molecule has 29 heavy (non-hydrogen) atoms. The third-order valence-electron chi connectivity index (χ3n) is 4.45. The van der Waals surface area contributed by atoms with Crippen molar-refractivity contribution in [3.05, 3.63) is 82.0 Å². The Morgan fingerprint density at radius 2 is 0.966 bits per heavy atom. The Morgan fingerprint density at radius 1 is 0.621 bits per heavy atom. The number of hydrogen-bond acceptors (Lipinski definition) is 6. The molecule has 0 saturated carbocycles. The van der Waals surface area contributed by atoms with E-state index < -0.39 is 0 Å². The number of rotatable bonds is 0. The quantitative estimate of drug-likeness (QED) is 0.583. The van der Waals surface area contributed by atoms with Crippen molar-refractivity contribution in [3.63, 3.8) is 0 Å². The van der Waals surface area contributed by atoms with Gasteiger partial charge in [-0.1, -0.05) is 47.9 Å². The van der Waals surface area contributed by atoms with Crippen LogP contribution in [-0.2, 0) is 17.1 Å². The second-order valence-corrected chi connectivity index (χ2v) is 6.40. The molecule has 0 spiro atoms. The summed E-state index contributed by atoms with van der Waals surface area (Å²) in [6.45, 7) is 3.14. The monoisotopic (exact) mass is 437 g/mol. The molecule has 0 amide bonds. The molecule has 0 atom stereocenters. The Hall–Kier alpha value is -3.28. The number of hydrogen-bond donors (Lipinski definition) is 0. The molecule has 2 aliphatic carbocycles. The summed E-state index contributed by atoms with van der Waals surface area (Å²) >= 11 is 0. The fraction of sp³-hybridized carbons (Fsp3) is 0.0909. The molecule has 2 aromatic carbocycles. The third-order valence-corrected chi connectivity index (χ3v) is 4.45. The van der Waals surface area contributed by atoms with Gasteiger partial charge in [-0.15, -0.1) is 0 Å². The van der Waals surface area contributed by atoms with E-state index in [9.17, 15) is 29.4 Å². The topological polar surface area (TPSA) is 114 Å². The van der Waals surface area contributed by atoms with Gasteiger partial charge in [0.1, 0.15) is 0 Å². The van der Waals surface area contributed by atoms with Gasteiger partial charge in [-0.2, -0.15) is 0 Å². The number of carbonyl (C=O) groups is 4. The van der Waals surface area contributed by atoms with E-state index in [1.165, 1.54) is 48.6 Å². The maximum Gasteiger partial charge on any atom is 2.00 e. The number of Topliss-reactive ketones (excluding diaryl/α,β-unsaturated/α-hetero) is 2. The molecule has 0 aromatic heterocycles. The summed E-state index contributed by atoms with van der Waals surface area (Å²) < 4.78 is 0. The molecular formula is C22H14CuO6. The van der Waals surface area contributed by atoms with E-state index in [-0.39, 0.29) is 74.0 Å². The van der Waals surface area contributed by atoms with Crippen LogP contribution in [0.25, 0.3) is 0 Å². The zero-order valence-electron chi connectivity index (χ0n) is 15.4. The zero-order valence-corrected chi connectivity index (χ0v) is 16.3. The minimum atomic E-state index is -0.385. The van der Waals surface area contributed by atoms with Crippen LogP contribution >= 0.6 is 0 Å². The van der Waals surface area contributed by atoms with Crippen molar-refractivity contribution in [3.8, 4) is 11.5 Å². The first-order valence-electron chi connectivity index (χ1n) is 8.37. The number of ketones is 4. The summed E-state index contributed by atoms with van der Waals surface area (Å²) in [5.41, 5.74) is 1.22. The van der Waals surface area contributed by atoms with Crippen LogP contribution < -0.4 is 10.2 Å². The maximum atomic E-state index is 11.6. The van der Waals surface area contributed by atoms with Gasteiger partial charge in [-0.3, -0.25) is 19.2 Å². The van der Waals surface area contributed by atoms with Gasteiger partial charge >= 0.3 is 17.1 Å². The van der Waals surface area contributed by atoms with Crippen LogP contribution in [-0.4, -0.2) is 23.1 Å². The predicted molar refractivity (Wildman–Crippen MR) is 96.6 cm³/mol. The Morgan fingerprint density at radius 3 is 1.31 bits per heavy atom. The van der Waals surface area contributed by atoms with Crippen molar-refractivity contribution in [2.75, 3.05) is 0 Å². The summed E-state index contributed by atoms with van der Waals surface area (Å²) in [6, 6.07) is 8.58. The van der Waals surface area contributed by atoms with Gasteiger partial charge < -0.3 is 10.2 Å². The molecule has 1 radical (unpaired) electrons. The van der Waals surface area contributed by atoms with E-state index >= 15 is 0 Å². The molecule has 0 bridgehead atoms. The van der Waals surface area contributed by atoms with Crippen LogP contribution in [0.2, 0.25) is 0 Å². The summed E-state index contributed by atoms with van der Waals surface area (Å²) in [5, 5.41) is 22.6. The first-order chi connectivity index (χ1) is 13.2. The Bertz CT molecular complexity index is 1030. The number of allylic oxidation sites excluding steroid dienone is 4. The van der Waals surface area contributed by atoms with Crippen LogP contribution in [0, 0.1) is 0 Å². The Balaban J connectivity index is 0.000000200. The average Bonchev–Trinajstić information content (AvgIpc) is 2.64. The molecule has 7 heteroatoms. The molecule has 0 heterocycles. The normalized spacial score (nSPS) is 14.6. The van der Waals surface area contributed by atoms with E-state index in [4.69, 9.17) is 0 Å². The molecule has 4 rings (SSSR count). The van der Waals surface area contributed by atoms with E-state index in [1.807, 2.05) is 0 Å². The number of fused-ring (bicyclic) bond motifs is 2. The van der Waals surface area contributed by atoms with Crippen molar-refractivity contribution in [1.82, 2.24) is 0 Å². The van der Waals surface area contributed by atoms with Gasteiger partial charge in [0.2, 0.25) is 0 Å². The minimum absolute atomic E-state index is 0. The van der Waals surface area contributed by atoms with E-state index in [0.29, 0.717) is 11.1 Å². The Labute approximate surface area is 177 Å². The molecule has 0 unspecified atom stereocenters. The SMILES string of the molecule is CC1=CC(=O)c2c([O-])cccc2C1=O.CC1=CC(=O)c2c([O-])cccc2C1=O.[Cu+2]. The summed E-state index contributed by atoms with van der Waals surface area (Å²) in [5.74, 6) is -1.99. The fourth-order valence-electron chi connectivity index (χ4n) is 3.04. The van der Waals surface area contributed by atoms with Gasteiger partial charge in [0, 0.05) is 33.4 Å². The van der Waals surface area contributed by atoms with Crippen LogP contribution in [0.5, 0.6) is 11.5 Å². The van der Waals surface area contributed by atoms with Crippen molar-refractivity contribution < 1.29 is 46.5 Å². The standard InChI is InChI=1S/2C11H8O3.Cu/c2*1-6-5-9(13)10-7(11(6)14)3-2-4-8(10)12;/h2*2-5,12H,1H3;/q;;+2/p-2. The maximum absolute atomic E-state index is 11.6. The number of carbonyl (C=O) groups excluding carboxylic acids is 4. The molecular weight excluding hydrogens is 424 g/mol. The molecule has 2 aromatic rings. The van der Waals surface area contributed by atoms with Gasteiger partial charge in [0.15, 0.2) is 23.1 Å². The molecule has 0 fully saturated rings.